The average Bonchev–Trinajstić information content (AvgIpc) is 3.79. The molecule has 0 amide bonds. The van der Waals surface area contributed by atoms with Gasteiger partial charge in [-0.25, -0.2) is 0 Å². The van der Waals surface area contributed by atoms with Gasteiger partial charge in [0.2, 0.25) is 0 Å². The van der Waals surface area contributed by atoms with Crippen LogP contribution in [0.4, 0.5) is 17.1 Å². The van der Waals surface area contributed by atoms with E-state index in [0.29, 0.717) is 10.8 Å². The van der Waals surface area contributed by atoms with E-state index in [1.807, 2.05) is 0 Å². The molecule has 0 unspecified atom stereocenters. The van der Waals surface area contributed by atoms with Crippen molar-refractivity contribution in [2.75, 3.05) is 4.90 Å². The van der Waals surface area contributed by atoms with Crippen molar-refractivity contribution in [1.29, 1.82) is 0 Å². The maximum atomic E-state index is 2.64. The van der Waals surface area contributed by atoms with Crippen LogP contribution in [0.15, 0.2) is 158 Å². The first-order valence-corrected chi connectivity index (χ1v) is 26.2. The molecule has 1 aromatic heterocycles. The summed E-state index contributed by atoms with van der Waals surface area (Å²) in [5, 5.41) is 2.63. The number of fused-ring (bicyclic) bond motifs is 7. The average molecular weight is 871 g/mol. The van der Waals surface area contributed by atoms with Gasteiger partial charge < -0.3 is 9.47 Å². The summed E-state index contributed by atoms with van der Waals surface area (Å²) in [7, 11) is 0. The number of hydrogen-bond acceptors (Lipinski definition) is 1. The molecule has 0 radical (unpaired) electrons. The van der Waals surface area contributed by atoms with Crippen molar-refractivity contribution in [2.45, 2.75) is 107 Å². The zero-order valence-electron chi connectivity index (χ0n) is 39.4. The number of para-hydroxylation sites is 2. The molecular weight excluding hydrogens is 809 g/mol. The predicted molar refractivity (Wildman–Crippen MR) is 278 cm³/mol. The maximum Gasteiger partial charge on any atom is 0.0588 e. The molecule has 332 valence electrons. The van der Waals surface area contributed by atoms with E-state index in [4.69, 9.17) is 0 Å². The van der Waals surface area contributed by atoms with Crippen LogP contribution in [0.5, 0.6) is 0 Å². The first kappa shape index (κ1) is 39.2. The molecular formula is C65H62N2. The molecule has 1 heterocycles. The summed E-state index contributed by atoms with van der Waals surface area (Å²) in [5.74, 6) is 5.57. The molecule has 17 rings (SSSR count). The number of nitrogens with zero attached hydrogens (tertiary/aromatic N) is 2. The lowest BCUT2D eigenvalue weighted by molar-refractivity contribution is -0.00529. The number of anilines is 3. The smallest absolute Gasteiger partial charge is 0.0588 e. The van der Waals surface area contributed by atoms with Crippen molar-refractivity contribution < 1.29 is 0 Å². The molecule has 2 nitrogen and oxygen atoms in total. The van der Waals surface area contributed by atoms with Crippen LogP contribution in [0, 0.1) is 35.5 Å². The topological polar surface area (TPSA) is 8.17 Å². The van der Waals surface area contributed by atoms with Crippen molar-refractivity contribution in [3.63, 3.8) is 0 Å². The second kappa shape index (κ2) is 14.1. The quantitative estimate of drug-likeness (QED) is 0.155. The molecule has 0 saturated heterocycles. The molecule has 7 aromatic carbocycles. The van der Waals surface area contributed by atoms with Crippen LogP contribution < -0.4 is 4.90 Å². The Kier molecular flexibility index (Phi) is 8.24. The first-order valence-electron chi connectivity index (χ1n) is 26.2. The van der Waals surface area contributed by atoms with Gasteiger partial charge in [-0.3, -0.25) is 0 Å². The fourth-order valence-corrected chi connectivity index (χ4v) is 17.5. The summed E-state index contributed by atoms with van der Waals surface area (Å²) in [5.41, 5.74) is 19.3. The van der Waals surface area contributed by atoms with Crippen molar-refractivity contribution in [3.05, 3.63) is 180 Å². The van der Waals surface area contributed by atoms with Gasteiger partial charge in [-0.1, -0.05) is 117 Å². The second-order valence-electron chi connectivity index (χ2n) is 23.8. The Morgan fingerprint density at radius 3 is 1.48 bits per heavy atom. The Morgan fingerprint density at radius 1 is 0.448 bits per heavy atom. The lowest BCUT2D eigenvalue weighted by Crippen LogP contribution is -2.48. The Morgan fingerprint density at radius 2 is 0.940 bits per heavy atom. The highest BCUT2D eigenvalue weighted by molar-refractivity contribution is 6.13. The SMILES string of the molecule is CC1(C)c2cc(N(c3ccc(C45CC6CC(CC(C6)C4)C5)cc3)c3ccc(C45CC6CC(CC(C6)C4)C5)cc3)c(-c3ccccc3)cc2-c2ccc3c4ccccc4n(-c4ccccc4)c3c21. The minimum Gasteiger partial charge on any atom is -0.310 e. The predicted octanol–water partition coefficient (Wildman–Crippen LogP) is 17.2. The number of rotatable bonds is 7. The van der Waals surface area contributed by atoms with E-state index in [0.717, 1.165) is 35.5 Å². The van der Waals surface area contributed by atoms with Gasteiger partial charge in [-0.05, 0) is 217 Å². The normalized spacial score (nSPS) is 29.2. The molecule has 2 heteroatoms. The number of hydrogen-bond donors (Lipinski definition) is 0. The fourth-order valence-electron chi connectivity index (χ4n) is 17.5. The summed E-state index contributed by atoms with van der Waals surface area (Å²) < 4.78 is 2.54. The van der Waals surface area contributed by atoms with Gasteiger partial charge in [-0.2, -0.15) is 0 Å². The Balaban J connectivity index is 0.928. The van der Waals surface area contributed by atoms with Crippen LogP contribution in [0.25, 0.3) is 49.7 Å². The van der Waals surface area contributed by atoms with Crippen molar-refractivity contribution in [2.24, 2.45) is 35.5 Å². The summed E-state index contributed by atoms with van der Waals surface area (Å²) >= 11 is 0. The van der Waals surface area contributed by atoms with Crippen molar-refractivity contribution in [1.82, 2.24) is 4.57 Å². The number of aromatic nitrogens is 1. The van der Waals surface area contributed by atoms with Crippen molar-refractivity contribution in [3.8, 4) is 27.9 Å². The van der Waals surface area contributed by atoms with Crippen molar-refractivity contribution >= 4 is 38.9 Å². The fraction of sp³-hybridized carbons (Fsp3) is 0.354. The molecule has 9 aliphatic carbocycles. The summed E-state index contributed by atoms with van der Waals surface area (Å²) in [6.07, 6.45) is 17.2. The monoisotopic (exact) mass is 870 g/mol. The van der Waals surface area contributed by atoms with Gasteiger partial charge in [0.05, 0.1) is 16.7 Å². The molecule has 0 N–H and O–H groups in total. The Bertz CT molecular complexity index is 3100. The maximum absolute atomic E-state index is 2.64. The molecule has 0 atom stereocenters. The third-order valence-electron chi connectivity index (χ3n) is 19.5. The molecule has 8 aromatic rings. The van der Waals surface area contributed by atoms with Crippen LogP contribution in [0.2, 0.25) is 0 Å². The number of benzene rings is 7. The van der Waals surface area contributed by atoms with E-state index in [1.165, 1.54) is 155 Å². The third-order valence-corrected chi connectivity index (χ3v) is 19.5. The lowest BCUT2D eigenvalue weighted by Gasteiger charge is -2.57. The van der Waals surface area contributed by atoms with Gasteiger partial charge in [-0.15, -0.1) is 0 Å². The van der Waals surface area contributed by atoms with E-state index >= 15 is 0 Å². The molecule has 8 saturated carbocycles. The van der Waals surface area contributed by atoms with Gasteiger partial charge in [0.25, 0.3) is 0 Å². The summed E-state index contributed by atoms with van der Waals surface area (Å²) in [4.78, 5) is 2.64. The highest BCUT2D eigenvalue weighted by Gasteiger charge is 2.53. The third kappa shape index (κ3) is 5.74. The van der Waals surface area contributed by atoms with Crippen LogP contribution in [0.3, 0.4) is 0 Å². The lowest BCUT2D eigenvalue weighted by atomic mass is 9.48. The van der Waals surface area contributed by atoms with Gasteiger partial charge in [0.1, 0.15) is 0 Å². The second-order valence-corrected chi connectivity index (χ2v) is 23.8. The molecule has 8 fully saturated rings. The highest BCUT2D eigenvalue weighted by Crippen LogP contribution is 2.63. The Hall–Kier alpha value is -5.86. The van der Waals surface area contributed by atoms with Gasteiger partial charge in [0, 0.05) is 38.8 Å². The minimum absolute atomic E-state index is 0.272. The van der Waals surface area contributed by atoms with E-state index < -0.39 is 0 Å². The summed E-state index contributed by atoms with van der Waals surface area (Å²) in [6, 6.07) is 61.6. The summed E-state index contributed by atoms with van der Waals surface area (Å²) in [6.45, 7) is 4.97. The molecule has 0 aliphatic heterocycles. The van der Waals surface area contributed by atoms with E-state index in [1.54, 1.807) is 11.1 Å². The molecule has 8 bridgehead atoms. The minimum atomic E-state index is -0.272. The largest absolute Gasteiger partial charge is 0.310 e. The Labute approximate surface area is 397 Å². The van der Waals surface area contributed by atoms with E-state index in [2.05, 4.69) is 181 Å². The van der Waals surface area contributed by atoms with Gasteiger partial charge >= 0.3 is 0 Å². The van der Waals surface area contributed by atoms with E-state index in [9.17, 15) is 0 Å². The zero-order valence-corrected chi connectivity index (χ0v) is 39.4. The van der Waals surface area contributed by atoms with Crippen LogP contribution in [0.1, 0.15) is 113 Å². The van der Waals surface area contributed by atoms with Gasteiger partial charge in [0.15, 0.2) is 0 Å². The molecule has 9 aliphatic rings. The molecule has 67 heavy (non-hydrogen) atoms. The highest BCUT2D eigenvalue weighted by atomic mass is 15.1. The standard InChI is InChI=1S/C65H62N2/c1-63(2)58-34-60(56(47-11-5-3-6-12-47)33-57(58)54-25-26-55-53-15-9-10-16-59(53)67(62(55)61(54)63)50-13-7-4-8-14-50)66(51-21-17-48(18-22-51)64-35-41-27-42(36-64)29-43(28-41)37-64)52-23-19-49(20-24-52)65-38-44-30-45(39-65)32-46(31-44)40-65/h3-26,33-34,41-46H,27-32,35-40H2,1-2H3. The van der Waals surface area contributed by atoms with Crippen LogP contribution >= 0.6 is 0 Å². The first-order chi connectivity index (χ1) is 32.8. The van der Waals surface area contributed by atoms with E-state index in [-0.39, 0.29) is 5.41 Å². The van der Waals surface area contributed by atoms with Crippen LogP contribution in [-0.4, -0.2) is 4.57 Å². The van der Waals surface area contributed by atoms with Crippen LogP contribution in [-0.2, 0) is 16.2 Å². The zero-order chi connectivity index (χ0) is 44.2. The molecule has 0 spiro atoms.